The molecule has 0 unspecified atom stereocenters. The molecule has 2 atom stereocenters. The number of carbonyl (C=O) groups excluding carboxylic acids is 1. The first-order chi connectivity index (χ1) is 17.3. The van der Waals surface area contributed by atoms with E-state index in [1.807, 2.05) is 43.0 Å². The molecule has 5 rings (SSSR count). The maximum Gasteiger partial charge on any atom is 0.339 e. The molecule has 1 aliphatic carbocycles. The Kier molecular flexibility index (Phi) is 6.89. The summed E-state index contributed by atoms with van der Waals surface area (Å²) in [5, 5.41) is 11.7. The number of aryl methyl sites for hydroxylation is 2. The summed E-state index contributed by atoms with van der Waals surface area (Å²) in [5.74, 6) is 0.849. The maximum absolute atomic E-state index is 13.0. The number of benzene rings is 2. The zero-order valence-corrected chi connectivity index (χ0v) is 21.2. The highest BCUT2D eigenvalue weighted by Gasteiger charge is 2.43. The van der Waals surface area contributed by atoms with E-state index in [0.717, 1.165) is 42.2 Å². The summed E-state index contributed by atoms with van der Waals surface area (Å²) >= 11 is 0. The molecular weight excluding hydrogens is 454 g/mol. The number of amides is 1. The molecule has 1 saturated carbocycles. The third kappa shape index (κ3) is 5.05. The Labute approximate surface area is 211 Å². The van der Waals surface area contributed by atoms with Crippen LogP contribution in [-0.2, 0) is 17.8 Å². The van der Waals surface area contributed by atoms with E-state index >= 15 is 0 Å². The number of rotatable bonds is 6. The molecule has 1 amide bonds. The molecule has 190 valence electrons. The molecule has 0 spiro atoms. The highest BCUT2D eigenvalue weighted by atomic mass is 16.5. The van der Waals surface area contributed by atoms with E-state index in [1.165, 1.54) is 5.56 Å². The van der Waals surface area contributed by atoms with Gasteiger partial charge in [0, 0.05) is 42.4 Å². The van der Waals surface area contributed by atoms with Gasteiger partial charge in [0.1, 0.15) is 17.9 Å². The summed E-state index contributed by atoms with van der Waals surface area (Å²) < 4.78 is 11.6. The highest BCUT2D eigenvalue weighted by molar-refractivity contribution is 5.83. The molecule has 3 aromatic rings. The zero-order valence-electron chi connectivity index (χ0n) is 21.2. The largest absolute Gasteiger partial charge is 0.489 e. The number of carbonyl (C=O) groups is 1. The van der Waals surface area contributed by atoms with Gasteiger partial charge in [0.15, 0.2) is 0 Å². The van der Waals surface area contributed by atoms with Crippen LogP contribution in [0.3, 0.4) is 0 Å². The van der Waals surface area contributed by atoms with Crippen LogP contribution in [0.5, 0.6) is 5.75 Å². The van der Waals surface area contributed by atoms with Crippen molar-refractivity contribution >= 4 is 16.9 Å². The van der Waals surface area contributed by atoms with Crippen molar-refractivity contribution in [3.63, 3.8) is 0 Å². The van der Waals surface area contributed by atoms with E-state index in [0.29, 0.717) is 49.4 Å². The molecule has 2 aromatic carbocycles. The maximum atomic E-state index is 13.0. The van der Waals surface area contributed by atoms with Crippen molar-refractivity contribution in [1.82, 2.24) is 4.90 Å². The number of aliphatic hydroxyl groups is 1. The predicted molar refractivity (Wildman–Crippen MR) is 139 cm³/mol. The minimum absolute atomic E-state index is 0.0429. The summed E-state index contributed by atoms with van der Waals surface area (Å²) in [6.45, 7) is 5.60. The first-order valence-corrected chi connectivity index (χ1v) is 13.1. The molecule has 1 saturated heterocycles. The third-order valence-electron chi connectivity index (χ3n) is 8.15. The third-order valence-corrected chi connectivity index (χ3v) is 8.15. The molecule has 2 fully saturated rings. The van der Waals surface area contributed by atoms with E-state index in [1.54, 1.807) is 6.07 Å². The summed E-state index contributed by atoms with van der Waals surface area (Å²) in [7, 11) is 0. The van der Waals surface area contributed by atoms with E-state index in [-0.39, 0.29) is 18.2 Å². The van der Waals surface area contributed by atoms with Crippen LogP contribution in [0.2, 0.25) is 0 Å². The Balaban J connectivity index is 1.25. The van der Waals surface area contributed by atoms with Crippen LogP contribution in [0.25, 0.3) is 11.0 Å². The number of likely N-dealkylation sites (tertiary alicyclic amines) is 1. The number of piperidine rings is 1. The second-order valence-electron chi connectivity index (χ2n) is 10.6. The van der Waals surface area contributed by atoms with Crippen LogP contribution < -0.4 is 10.4 Å². The number of hydrogen-bond donors (Lipinski definition) is 1. The van der Waals surface area contributed by atoms with Crippen molar-refractivity contribution < 1.29 is 19.1 Å². The fraction of sp³-hybridized carbons (Fsp3) is 0.467. The average molecular weight is 490 g/mol. The number of ether oxygens (including phenoxy) is 1. The van der Waals surface area contributed by atoms with Crippen molar-refractivity contribution in [2.24, 2.45) is 5.92 Å². The number of hydrogen-bond acceptors (Lipinski definition) is 5. The van der Waals surface area contributed by atoms with E-state index < -0.39 is 11.2 Å². The van der Waals surface area contributed by atoms with Crippen LogP contribution in [-0.4, -0.2) is 34.6 Å². The Morgan fingerprint density at radius 2 is 1.94 bits per heavy atom. The Hall–Kier alpha value is -3.12. The van der Waals surface area contributed by atoms with Gasteiger partial charge in [-0.1, -0.05) is 42.7 Å². The summed E-state index contributed by atoms with van der Waals surface area (Å²) in [6, 6.07) is 13.7. The van der Waals surface area contributed by atoms with Crippen LogP contribution in [0.1, 0.15) is 60.8 Å². The van der Waals surface area contributed by atoms with Crippen LogP contribution in [0.4, 0.5) is 0 Å². The smallest absolute Gasteiger partial charge is 0.339 e. The van der Waals surface area contributed by atoms with Gasteiger partial charge in [-0.3, -0.25) is 4.79 Å². The van der Waals surface area contributed by atoms with Gasteiger partial charge in [0.25, 0.3) is 0 Å². The van der Waals surface area contributed by atoms with Gasteiger partial charge in [-0.05, 0) is 62.8 Å². The topological polar surface area (TPSA) is 80.0 Å². The van der Waals surface area contributed by atoms with Crippen LogP contribution in [0, 0.1) is 19.8 Å². The lowest BCUT2D eigenvalue weighted by molar-refractivity contribution is -0.143. The molecule has 36 heavy (non-hydrogen) atoms. The normalized spacial score (nSPS) is 21.9. The zero-order chi connectivity index (χ0) is 25.3. The van der Waals surface area contributed by atoms with Gasteiger partial charge in [0.05, 0.1) is 5.60 Å². The fourth-order valence-electron chi connectivity index (χ4n) is 5.79. The summed E-state index contributed by atoms with van der Waals surface area (Å²) in [5.41, 5.74) is 3.15. The van der Waals surface area contributed by atoms with Gasteiger partial charge in [0.2, 0.25) is 5.91 Å². The Morgan fingerprint density at radius 1 is 1.14 bits per heavy atom. The first-order valence-electron chi connectivity index (χ1n) is 13.1. The lowest BCUT2D eigenvalue weighted by Gasteiger charge is -2.47. The lowest BCUT2D eigenvalue weighted by Crippen LogP contribution is -2.54. The predicted octanol–water partition coefficient (Wildman–Crippen LogP) is 5.08. The lowest BCUT2D eigenvalue weighted by atomic mass is 9.71. The van der Waals surface area contributed by atoms with Gasteiger partial charge in [-0.15, -0.1) is 0 Å². The van der Waals surface area contributed by atoms with E-state index in [9.17, 15) is 14.7 Å². The molecule has 6 nitrogen and oxygen atoms in total. The second-order valence-corrected chi connectivity index (χ2v) is 10.6. The molecule has 1 N–H and O–H groups in total. The van der Waals surface area contributed by atoms with Crippen molar-refractivity contribution in [3.8, 4) is 5.75 Å². The van der Waals surface area contributed by atoms with Crippen molar-refractivity contribution in [3.05, 3.63) is 75.1 Å². The molecule has 1 aromatic heterocycles. The molecule has 2 aliphatic rings. The van der Waals surface area contributed by atoms with Crippen molar-refractivity contribution in [2.75, 3.05) is 13.1 Å². The fourth-order valence-corrected chi connectivity index (χ4v) is 5.79. The van der Waals surface area contributed by atoms with E-state index in [4.69, 9.17) is 9.15 Å². The van der Waals surface area contributed by atoms with Crippen molar-refractivity contribution in [1.29, 1.82) is 0 Å². The number of nitrogens with zero attached hydrogens (tertiary/aromatic N) is 1. The second kappa shape index (κ2) is 10.1. The Morgan fingerprint density at radius 3 is 2.75 bits per heavy atom. The molecular formula is C30H35NO5. The van der Waals surface area contributed by atoms with Gasteiger partial charge in [-0.25, -0.2) is 4.79 Å². The minimum atomic E-state index is -0.603. The molecule has 1 aliphatic heterocycles. The van der Waals surface area contributed by atoms with Crippen molar-refractivity contribution in [2.45, 2.75) is 71.0 Å². The van der Waals surface area contributed by atoms with Gasteiger partial charge < -0.3 is 19.2 Å². The Bertz CT molecular complexity index is 1310. The average Bonchev–Trinajstić information content (AvgIpc) is 2.87. The quantitative estimate of drug-likeness (QED) is 0.489. The molecule has 2 heterocycles. The summed E-state index contributed by atoms with van der Waals surface area (Å²) in [6.07, 6.45) is 5.26. The molecule has 0 bridgehead atoms. The first kappa shape index (κ1) is 24.6. The highest BCUT2D eigenvalue weighted by Crippen LogP contribution is 2.40. The molecule has 6 heteroatoms. The molecule has 0 radical (unpaired) electrons. The van der Waals surface area contributed by atoms with Crippen LogP contribution in [0.15, 0.2) is 51.7 Å². The van der Waals surface area contributed by atoms with Crippen LogP contribution >= 0.6 is 0 Å². The summed E-state index contributed by atoms with van der Waals surface area (Å²) in [4.78, 5) is 27.7. The SMILES string of the molecule is Cc1ccc(COc2ccc3c(C)c(CCC(=O)N4CC[C@]5(O)CCCC[C@@H]5C4)c(=O)oc3c2)cc1. The monoisotopic (exact) mass is 489 g/mol. The van der Waals surface area contributed by atoms with E-state index in [2.05, 4.69) is 12.1 Å². The minimum Gasteiger partial charge on any atom is -0.489 e. The number of fused-ring (bicyclic) bond motifs is 2. The van der Waals surface area contributed by atoms with Gasteiger partial charge >= 0.3 is 5.63 Å². The van der Waals surface area contributed by atoms with Gasteiger partial charge in [-0.2, -0.15) is 0 Å². The standard InChI is InChI=1S/C30H35NO5/c1-20-6-8-22(9-7-20)19-35-24-10-11-25-21(2)26(29(33)36-27(25)17-24)12-13-28(32)31-16-15-30(34)14-4-3-5-23(30)18-31/h6-11,17,23,34H,3-5,12-16,18-19H2,1-2H3/t23-,30-/m1/s1.